The van der Waals surface area contributed by atoms with Crippen LogP contribution in [0.4, 0.5) is 4.39 Å². The minimum absolute atomic E-state index is 0.260. The molecule has 0 atom stereocenters. The molecule has 100 valence electrons. The van der Waals surface area contributed by atoms with Crippen molar-refractivity contribution in [2.24, 2.45) is 0 Å². The largest absolute Gasteiger partial charge is 0.464 e. The SMILES string of the molecule is COC(=O)c1cc2cc(-c3ccc(F)cc3)ccc2[nH]1. The summed E-state index contributed by atoms with van der Waals surface area (Å²) in [5.74, 6) is -0.658. The molecule has 0 unspecified atom stereocenters. The van der Waals surface area contributed by atoms with Crippen LogP contribution in [0.25, 0.3) is 22.0 Å². The second-order valence-corrected chi connectivity index (χ2v) is 4.48. The van der Waals surface area contributed by atoms with Crippen LogP contribution in [-0.4, -0.2) is 18.1 Å². The Morgan fingerprint density at radius 3 is 2.45 bits per heavy atom. The first-order valence-corrected chi connectivity index (χ1v) is 6.14. The summed E-state index contributed by atoms with van der Waals surface area (Å²) in [6, 6.07) is 13.8. The molecular weight excluding hydrogens is 257 g/mol. The number of ether oxygens (including phenoxy) is 1. The second kappa shape index (κ2) is 4.81. The molecule has 3 aromatic rings. The van der Waals surface area contributed by atoms with Gasteiger partial charge in [0.1, 0.15) is 11.5 Å². The number of carbonyl (C=O) groups excluding carboxylic acids is 1. The van der Waals surface area contributed by atoms with Crippen molar-refractivity contribution in [1.29, 1.82) is 0 Å². The number of aromatic amines is 1. The molecule has 0 amide bonds. The minimum Gasteiger partial charge on any atom is -0.464 e. The highest BCUT2D eigenvalue weighted by Gasteiger charge is 2.10. The van der Waals surface area contributed by atoms with Crippen molar-refractivity contribution < 1.29 is 13.9 Å². The highest BCUT2D eigenvalue weighted by molar-refractivity contribution is 5.96. The van der Waals surface area contributed by atoms with Crippen molar-refractivity contribution in [1.82, 2.24) is 4.98 Å². The third kappa shape index (κ3) is 2.16. The van der Waals surface area contributed by atoms with Gasteiger partial charge < -0.3 is 9.72 Å². The quantitative estimate of drug-likeness (QED) is 0.720. The Kier molecular flexibility index (Phi) is 2.99. The summed E-state index contributed by atoms with van der Waals surface area (Å²) in [6.45, 7) is 0. The van der Waals surface area contributed by atoms with Crippen LogP contribution in [0.15, 0.2) is 48.5 Å². The maximum Gasteiger partial charge on any atom is 0.354 e. The Bertz CT molecular complexity index is 775. The molecule has 0 radical (unpaired) electrons. The van der Waals surface area contributed by atoms with E-state index >= 15 is 0 Å². The van der Waals surface area contributed by atoms with E-state index in [1.54, 1.807) is 18.2 Å². The Hall–Kier alpha value is -2.62. The van der Waals surface area contributed by atoms with E-state index in [1.807, 2.05) is 18.2 Å². The maximum atomic E-state index is 12.9. The first-order valence-electron chi connectivity index (χ1n) is 6.14. The summed E-state index contributed by atoms with van der Waals surface area (Å²) < 4.78 is 17.6. The zero-order valence-corrected chi connectivity index (χ0v) is 10.8. The third-order valence-corrected chi connectivity index (χ3v) is 3.20. The van der Waals surface area contributed by atoms with Crippen molar-refractivity contribution in [3.63, 3.8) is 0 Å². The molecule has 1 heterocycles. The summed E-state index contributed by atoms with van der Waals surface area (Å²) in [6.07, 6.45) is 0. The number of nitrogens with one attached hydrogen (secondary N) is 1. The van der Waals surface area contributed by atoms with Gasteiger partial charge in [0, 0.05) is 10.9 Å². The van der Waals surface area contributed by atoms with Gasteiger partial charge in [-0.15, -0.1) is 0 Å². The molecule has 20 heavy (non-hydrogen) atoms. The maximum absolute atomic E-state index is 12.9. The molecule has 1 N–H and O–H groups in total. The molecule has 1 aromatic heterocycles. The molecule has 2 aromatic carbocycles. The van der Waals surface area contributed by atoms with Gasteiger partial charge in [0.05, 0.1) is 7.11 Å². The van der Waals surface area contributed by atoms with Crippen LogP contribution in [0.3, 0.4) is 0 Å². The molecular formula is C16H12FNO2. The zero-order valence-electron chi connectivity index (χ0n) is 10.8. The molecule has 0 aliphatic rings. The van der Waals surface area contributed by atoms with Crippen LogP contribution >= 0.6 is 0 Å². The van der Waals surface area contributed by atoms with E-state index < -0.39 is 5.97 Å². The number of fused-ring (bicyclic) bond motifs is 1. The lowest BCUT2D eigenvalue weighted by atomic mass is 10.0. The van der Waals surface area contributed by atoms with Crippen LogP contribution in [0.1, 0.15) is 10.5 Å². The Labute approximate surface area is 115 Å². The Morgan fingerprint density at radius 1 is 1.05 bits per heavy atom. The number of carbonyl (C=O) groups is 1. The van der Waals surface area contributed by atoms with Crippen molar-refractivity contribution in [2.75, 3.05) is 7.11 Å². The topological polar surface area (TPSA) is 42.1 Å². The first-order chi connectivity index (χ1) is 9.67. The first kappa shape index (κ1) is 12.4. The molecule has 0 saturated carbocycles. The van der Waals surface area contributed by atoms with E-state index in [9.17, 15) is 9.18 Å². The smallest absolute Gasteiger partial charge is 0.354 e. The highest BCUT2D eigenvalue weighted by Crippen LogP contribution is 2.25. The monoisotopic (exact) mass is 269 g/mol. The van der Waals surface area contributed by atoms with E-state index in [0.29, 0.717) is 5.69 Å². The van der Waals surface area contributed by atoms with Crippen LogP contribution in [0.5, 0.6) is 0 Å². The lowest BCUT2D eigenvalue weighted by Crippen LogP contribution is -2.00. The average Bonchev–Trinajstić information content (AvgIpc) is 2.90. The van der Waals surface area contributed by atoms with Gasteiger partial charge in [0.2, 0.25) is 0 Å². The van der Waals surface area contributed by atoms with Gasteiger partial charge in [-0.25, -0.2) is 9.18 Å². The summed E-state index contributed by atoms with van der Waals surface area (Å²) in [5, 5.41) is 0.909. The van der Waals surface area contributed by atoms with Gasteiger partial charge in [-0.1, -0.05) is 18.2 Å². The molecule has 0 aliphatic carbocycles. The van der Waals surface area contributed by atoms with Crippen molar-refractivity contribution >= 4 is 16.9 Å². The van der Waals surface area contributed by atoms with Crippen LogP contribution in [-0.2, 0) is 4.74 Å². The van der Waals surface area contributed by atoms with E-state index in [0.717, 1.165) is 22.0 Å². The number of H-pyrrole nitrogens is 1. The minimum atomic E-state index is -0.399. The van der Waals surface area contributed by atoms with Crippen LogP contribution in [0.2, 0.25) is 0 Å². The predicted molar refractivity (Wildman–Crippen MR) is 75.0 cm³/mol. The molecule has 0 bridgehead atoms. The molecule has 0 fully saturated rings. The number of hydrogen-bond acceptors (Lipinski definition) is 2. The Morgan fingerprint density at radius 2 is 1.75 bits per heavy atom. The number of benzene rings is 2. The van der Waals surface area contributed by atoms with E-state index in [2.05, 4.69) is 9.72 Å². The van der Waals surface area contributed by atoms with Crippen molar-refractivity contribution in [2.45, 2.75) is 0 Å². The second-order valence-electron chi connectivity index (χ2n) is 4.48. The molecule has 0 spiro atoms. The average molecular weight is 269 g/mol. The summed E-state index contributed by atoms with van der Waals surface area (Å²) in [5.41, 5.74) is 3.16. The van der Waals surface area contributed by atoms with Gasteiger partial charge in [-0.2, -0.15) is 0 Å². The van der Waals surface area contributed by atoms with Gasteiger partial charge in [0.15, 0.2) is 0 Å². The lowest BCUT2D eigenvalue weighted by Gasteiger charge is -2.01. The number of hydrogen-bond donors (Lipinski definition) is 1. The molecule has 4 heteroatoms. The molecule has 0 saturated heterocycles. The molecule has 3 rings (SSSR count). The normalized spacial score (nSPS) is 10.7. The third-order valence-electron chi connectivity index (χ3n) is 3.20. The standard InChI is InChI=1S/C16H12FNO2/c1-20-16(19)15-9-12-8-11(4-7-14(12)18-15)10-2-5-13(17)6-3-10/h2-9,18H,1H3. The van der Waals surface area contributed by atoms with Crippen LogP contribution in [0, 0.1) is 5.82 Å². The number of methoxy groups -OCH3 is 1. The summed E-state index contributed by atoms with van der Waals surface area (Å²) in [7, 11) is 1.35. The van der Waals surface area contributed by atoms with Gasteiger partial charge in [-0.05, 0) is 41.5 Å². The predicted octanol–water partition coefficient (Wildman–Crippen LogP) is 3.76. The van der Waals surface area contributed by atoms with E-state index in [-0.39, 0.29) is 5.82 Å². The van der Waals surface area contributed by atoms with Crippen molar-refractivity contribution in [3.05, 3.63) is 60.0 Å². The van der Waals surface area contributed by atoms with Crippen LogP contribution < -0.4 is 0 Å². The fourth-order valence-corrected chi connectivity index (χ4v) is 2.17. The van der Waals surface area contributed by atoms with Crippen molar-refractivity contribution in [3.8, 4) is 11.1 Å². The fourth-order valence-electron chi connectivity index (χ4n) is 2.17. The number of halogens is 1. The lowest BCUT2D eigenvalue weighted by molar-refractivity contribution is 0.0595. The number of rotatable bonds is 2. The summed E-state index contributed by atoms with van der Waals surface area (Å²) >= 11 is 0. The highest BCUT2D eigenvalue weighted by atomic mass is 19.1. The van der Waals surface area contributed by atoms with E-state index in [4.69, 9.17) is 0 Å². The zero-order chi connectivity index (χ0) is 14.1. The fraction of sp³-hybridized carbons (Fsp3) is 0.0625. The van der Waals surface area contributed by atoms with Gasteiger partial charge in [-0.3, -0.25) is 0 Å². The molecule has 3 nitrogen and oxygen atoms in total. The number of esters is 1. The number of aromatic nitrogens is 1. The van der Waals surface area contributed by atoms with Gasteiger partial charge >= 0.3 is 5.97 Å². The molecule has 0 aliphatic heterocycles. The van der Waals surface area contributed by atoms with E-state index in [1.165, 1.54) is 19.2 Å². The van der Waals surface area contributed by atoms with Gasteiger partial charge in [0.25, 0.3) is 0 Å². The summed E-state index contributed by atoms with van der Waals surface area (Å²) in [4.78, 5) is 14.5. The Balaban J connectivity index is 2.06.